The van der Waals surface area contributed by atoms with Gasteiger partial charge in [-0.15, -0.1) is 0 Å². The first-order valence-corrected chi connectivity index (χ1v) is 13.7. The van der Waals surface area contributed by atoms with Crippen molar-refractivity contribution < 1.29 is 28.8 Å². The average molecular weight is 573 g/mol. The number of carbonyl (C=O) groups excluding carboxylic acids is 1. The summed E-state index contributed by atoms with van der Waals surface area (Å²) in [7, 11) is 6.43. The van der Waals surface area contributed by atoms with Crippen LogP contribution in [-0.2, 0) is 4.79 Å². The van der Waals surface area contributed by atoms with E-state index in [0.29, 0.717) is 6.42 Å². The van der Waals surface area contributed by atoms with Crippen molar-refractivity contribution in [2.45, 2.75) is 122 Å². The maximum Gasteiger partial charge on any atom is 0.224 e. The third-order valence-corrected chi connectivity index (χ3v) is 6.43. The first kappa shape index (κ1) is 32.4. The molecule has 1 rings (SSSR count). The molecule has 0 heterocycles. The van der Waals surface area contributed by atoms with Crippen molar-refractivity contribution in [3.8, 4) is 0 Å². The highest BCUT2D eigenvalue weighted by molar-refractivity contribution is 5.90. The summed E-state index contributed by atoms with van der Waals surface area (Å²) in [6.07, 6.45) is 23.9. The Morgan fingerprint density at radius 2 is 1.00 bits per heavy atom. The van der Waals surface area contributed by atoms with Gasteiger partial charge in [0.2, 0.25) is 5.91 Å². The zero-order valence-corrected chi connectivity index (χ0v) is 24.4. The lowest BCUT2D eigenvalue weighted by molar-refractivity contribution is -0.116. The number of amides is 1. The van der Waals surface area contributed by atoms with Gasteiger partial charge in [0.1, 0.15) is 5.69 Å². The van der Waals surface area contributed by atoms with Crippen LogP contribution >= 0.6 is 0 Å². The molecule has 0 fully saturated rings. The highest BCUT2D eigenvalue weighted by Gasteiger charge is 2.11. The van der Waals surface area contributed by atoms with Crippen molar-refractivity contribution in [3.63, 3.8) is 0 Å². The topological polar surface area (TPSA) is 29.1 Å². The van der Waals surface area contributed by atoms with E-state index in [-0.39, 0.29) is 29.9 Å². The molecule has 0 bridgehead atoms. The average Bonchev–Trinajstić information content (AvgIpc) is 2.75. The van der Waals surface area contributed by atoms with Crippen LogP contribution in [0.1, 0.15) is 122 Å². The van der Waals surface area contributed by atoms with Crippen molar-refractivity contribution in [1.29, 1.82) is 0 Å². The van der Waals surface area contributed by atoms with E-state index < -0.39 is 0 Å². The van der Waals surface area contributed by atoms with Crippen molar-refractivity contribution in [1.82, 2.24) is 4.48 Å². The third-order valence-electron chi connectivity index (χ3n) is 6.43. The van der Waals surface area contributed by atoms with Gasteiger partial charge < -0.3 is 29.3 Å². The molecule has 0 spiro atoms. The number of nitrogens with zero attached hydrogens (tertiary/aromatic N) is 1. The lowest BCUT2D eigenvalue weighted by Gasteiger charge is -2.23. The van der Waals surface area contributed by atoms with E-state index in [9.17, 15) is 4.79 Å². The van der Waals surface area contributed by atoms with E-state index in [1.165, 1.54) is 108 Å². The van der Waals surface area contributed by atoms with Crippen molar-refractivity contribution in [3.05, 3.63) is 24.3 Å². The molecule has 0 atom stereocenters. The summed E-state index contributed by atoms with van der Waals surface area (Å²) in [5, 5.41) is 3.03. The fourth-order valence-electron chi connectivity index (χ4n) is 4.23. The molecule has 0 radical (unpaired) electrons. The minimum absolute atomic E-state index is 0. The van der Waals surface area contributed by atoms with E-state index in [2.05, 4.69) is 45.5 Å². The summed E-state index contributed by atoms with van der Waals surface area (Å²) < 4.78 is 0.785. The second kappa shape index (κ2) is 20.7. The number of rotatable bonds is 20. The van der Waals surface area contributed by atoms with Crippen LogP contribution in [0.2, 0.25) is 0 Å². The Labute approximate surface area is 223 Å². The fraction of sp³-hybridized carbons (Fsp3) is 0.759. The van der Waals surface area contributed by atoms with Gasteiger partial charge >= 0.3 is 0 Å². The number of unbranched alkanes of at least 4 members (excludes halogenated alkanes) is 16. The monoisotopic (exact) mass is 572 g/mol. The van der Waals surface area contributed by atoms with Crippen molar-refractivity contribution in [2.75, 3.05) is 26.5 Å². The van der Waals surface area contributed by atoms with Gasteiger partial charge in [-0.2, -0.15) is 0 Å². The summed E-state index contributed by atoms with van der Waals surface area (Å²) >= 11 is 0. The molecule has 0 saturated heterocycles. The Morgan fingerprint density at radius 1 is 0.636 bits per heavy atom. The zero-order valence-electron chi connectivity index (χ0n) is 22.3. The molecular formula is C29H53IN2O. The second-order valence-corrected chi connectivity index (χ2v) is 10.5. The van der Waals surface area contributed by atoms with Gasteiger partial charge in [0.05, 0.1) is 21.1 Å². The van der Waals surface area contributed by atoms with Crippen LogP contribution in [0, 0.1) is 0 Å². The summed E-state index contributed by atoms with van der Waals surface area (Å²) in [5.41, 5.74) is 2.13. The van der Waals surface area contributed by atoms with Crippen LogP contribution in [-0.4, -0.2) is 27.1 Å². The van der Waals surface area contributed by atoms with Gasteiger partial charge in [0, 0.05) is 24.2 Å². The van der Waals surface area contributed by atoms with Gasteiger partial charge in [-0.05, 0) is 18.6 Å². The normalized spacial score (nSPS) is 11.3. The second-order valence-electron chi connectivity index (χ2n) is 10.5. The number of halogens is 1. The lowest BCUT2D eigenvalue weighted by Crippen LogP contribution is -3.00. The van der Waals surface area contributed by atoms with E-state index in [0.717, 1.165) is 16.6 Å². The maximum absolute atomic E-state index is 12.1. The molecule has 0 aliphatic heterocycles. The molecule has 0 unspecified atom stereocenters. The van der Waals surface area contributed by atoms with Crippen LogP contribution < -0.4 is 33.8 Å². The SMILES string of the molecule is CCCCCCCCCCCCCCCCCCCC(=O)Nc1ccc([N+](C)(C)C)cc1.[I-]. The Hall–Kier alpha value is -0.620. The van der Waals surface area contributed by atoms with Crippen LogP contribution in [0.4, 0.5) is 11.4 Å². The minimum Gasteiger partial charge on any atom is -1.00 e. The molecule has 0 aliphatic carbocycles. The molecule has 1 N–H and O–H groups in total. The van der Waals surface area contributed by atoms with Gasteiger partial charge in [0.15, 0.2) is 0 Å². The number of benzene rings is 1. The highest BCUT2D eigenvalue weighted by Crippen LogP contribution is 2.20. The summed E-state index contributed by atoms with van der Waals surface area (Å²) in [4.78, 5) is 12.1. The molecular weight excluding hydrogens is 519 g/mol. The van der Waals surface area contributed by atoms with E-state index in [4.69, 9.17) is 0 Å². The molecule has 0 saturated carbocycles. The largest absolute Gasteiger partial charge is 1.00 e. The summed E-state index contributed by atoms with van der Waals surface area (Å²) in [6, 6.07) is 8.19. The van der Waals surface area contributed by atoms with E-state index >= 15 is 0 Å². The predicted molar refractivity (Wildman–Crippen MR) is 143 cm³/mol. The molecule has 1 aromatic rings. The lowest BCUT2D eigenvalue weighted by atomic mass is 10.0. The molecule has 1 aromatic carbocycles. The molecule has 0 aliphatic rings. The Morgan fingerprint density at radius 3 is 1.36 bits per heavy atom. The van der Waals surface area contributed by atoms with Crippen molar-refractivity contribution in [2.24, 2.45) is 0 Å². The van der Waals surface area contributed by atoms with E-state index in [1.54, 1.807) is 0 Å². The number of anilines is 1. The zero-order chi connectivity index (χ0) is 23.5. The van der Waals surface area contributed by atoms with Gasteiger partial charge in [-0.3, -0.25) is 9.28 Å². The summed E-state index contributed by atoms with van der Waals surface area (Å²) in [5.74, 6) is 0.143. The maximum atomic E-state index is 12.1. The number of hydrogen-bond acceptors (Lipinski definition) is 1. The fourth-order valence-corrected chi connectivity index (χ4v) is 4.23. The Bertz CT molecular complexity index is 580. The summed E-state index contributed by atoms with van der Waals surface area (Å²) in [6.45, 7) is 2.29. The number of carbonyl (C=O) groups is 1. The standard InChI is InChI=1S/C29H52N2O.HI/c1-5-6-7-8-9-10-11-12-13-14-15-16-17-18-19-20-21-22-29(32)30-27-23-25-28(26-24-27)31(2,3)4;/h23-26H,5-22H2,1-4H3;1H. The number of nitrogens with one attached hydrogen (secondary N) is 1. The van der Waals surface area contributed by atoms with Gasteiger partial charge in [-0.25, -0.2) is 0 Å². The third kappa shape index (κ3) is 18.4. The minimum atomic E-state index is 0. The number of hydrogen-bond donors (Lipinski definition) is 1. The molecule has 4 heteroatoms. The molecule has 0 aromatic heterocycles. The quantitative estimate of drug-likeness (QED) is 0.118. The van der Waals surface area contributed by atoms with Crippen LogP contribution in [0.25, 0.3) is 0 Å². The van der Waals surface area contributed by atoms with Crippen LogP contribution in [0.15, 0.2) is 24.3 Å². The molecule has 192 valence electrons. The number of quaternary nitrogens is 1. The van der Waals surface area contributed by atoms with Crippen LogP contribution in [0.5, 0.6) is 0 Å². The molecule has 1 amide bonds. The predicted octanol–water partition coefficient (Wildman–Crippen LogP) is 5.87. The Balaban J connectivity index is 0.0000102. The Kier molecular flexibility index (Phi) is 20.3. The van der Waals surface area contributed by atoms with Crippen LogP contribution in [0.3, 0.4) is 0 Å². The molecule has 33 heavy (non-hydrogen) atoms. The molecule has 3 nitrogen and oxygen atoms in total. The highest BCUT2D eigenvalue weighted by atomic mass is 127. The van der Waals surface area contributed by atoms with E-state index in [1.807, 2.05) is 12.1 Å². The van der Waals surface area contributed by atoms with Crippen molar-refractivity contribution >= 4 is 17.3 Å². The first-order chi connectivity index (χ1) is 15.4. The smallest absolute Gasteiger partial charge is 0.224 e. The first-order valence-electron chi connectivity index (χ1n) is 13.7. The van der Waals surface area contributed by atoms with Gasteiger partial charge in [0.25, 0.3) is 0 Å². The van der Waals surface area contributed by atoms with Gasteiger partial charge in [-0.1, -0.05) is 110 Å².